The van der Waals surface area contributed by atoms with Crippen LogP contribution in [-0.4, -0.2) is 39.6 Å². The van der Waals surface area contributed by atoms with Crippen molar-refractivity contribution in [2.24, 2.45) is 5.92 Å². The van der Waals surface area contributed by atoms with Gasteiger partial charge in [0.25, 0.3) is 5.91 Å². The quantitative estimate of drug-likeness (QED) is 0.823. The van der Waals surface area contributed by atoms with Crippen LogP contribution in [0.2, 0.25) is 0 Å². The minimum absolute atomic E-state index is 0.107. The summed E-state index contributed by atoms with van der Waals surface area (Å²) in [5, 5.41) is 6.75. The minimum atomic E-state index is -0.107. The molecule has 5 heteroatoms. The van der Waals surface area contributed by atoms with Crippen LogP contribution in [0.3, 0.4) is 0 Å². The highest BCUT2D eigenvalue weighted by Crippen LogP contribution is 2.04. The Bertz CT molecular complexity index is 359. The maximum Gasteiger partial charge on any atom is 0.293 e. The van der Waals surface area contributed by atoms with E-state index in [2.05, 4.69) is 36.0 Å². The lowest BCUT2D eigenvalue weighted by atomic mass is 10.1. The molecule has 0 bridgehead atoms. The van der Waals surface area contributed by atoms with E-state index in [-0.39, 0.29) is 11.7 Å². The van der Waals surface area contributed by atoms with Crippen LogP contribution in [-0.2, 0) is 6.42 Å². The SMILES string of the molecule is CCCc1nc(C(=O)N(C)CCC(C)C)n[nH]1. The third kappa shape index (κ3) is 4.17. The van der Waals surface area contributed by atoms with Gasteiger partial charge in [-0.15, -0.1) is 5.10 Å². The first-order chi connectivity index (χ1) is 8.04. The van der Waals surface area contributed by atoms with Crippen LogP contribution in [0.25, 0.3) is 0 Å². The largest absolute Gasteiger partial charge is 0.339 e. The first-order valence-electron chi connectivity index (χ1n) is 6.21. The Balaban J connectivity index is 2.55. The zero-order valence-corrected chi connectivity index (χ0v) is 11.2. The van der Waals surface area contributed by atoms with Crippen molar-refractivity contribution in [3.05, 3.63) is 11.6 Å². The topological polar surface area (TPSA) is 61.9 Å². The Morgan fingerprint density at radius 2 is 2.18 bits per heavy atom. The number of aromatic amines is 1. The standard InChI is InChI=1S/C12H22N4O/c1-5-6-10-13-11(15-14-10)12(17)16(4)8-7-9(2)3/h9H,5-8H2,1-4H3,(H,13,14,15). The molecule has 0 aromatic carbocycles. The number of aryl methyl sites for hydroxylation is 1. The molecule has 0 aliphatic carbocycles. The highest BCUT2D eigenvalue weighted by molar-refractivity contribution is 5.90. The molecule has 0 fully saturated rings. The molecule has 0 radical (unpaired) electrons. The van der Waals surface area contributed by atoms with Crippen molar-refractivity contribution in [1.29, 1.82) is 0 Å². The predicted octanol–water partition coefficient (Wildman–Crippen LogP) is 1.88. The van der Waals surface area contributed by atoms with E-state index in [1.165, 1.54) is 0 Å². The van der Waals surface area contributed by atoms with E-state index in [0.29, 0.717) is 5.92 Å². The number of hydrogen-bond acceptors (Lipinski definition) is 3. The summed E-state index contributed by atoms with van der Waals surface area (Å²) in [5.74, 6) is 1.55. The van der Waals surface area contributed by atoms with Crippen LogP contribution in [0.15, 0.2) is 0 Å². The van der Waals surface area contributed by atoms with Crippen molar-refractivity contribution in [3.8, 4) is 0 Å². The molecule has 1 N–H and O–H groups in total. The number of hydrogen-bond donors (Lipinski definition) is 1. The first kappa shape index (κ1) is 13.7. The van der Waals surface area contributed by atoms with Gasteiger partial charge < -0.3 is 4.90 Å². The molecule has 0 saturated heterocycles. The summed E-state index contributed by atoms with van der Waals surface area (Å²) in [6.07, 6.45) is 2.82. The zero-order chi connectivity index (χ0) is 12.8. The van der Waals surface area contributed by atoms with Gasteiger partial charge in [-0.05, 0) is 18.8 Å². The van der Waals surface area contributed by atoms with Crippen LogP contribution in [0.5, 0.6) is 0 Å². The zero-order valence-electron chi connectivity index (χ0n) is 11.2. The van der Waals surface area contributed by atoms with Gasteiger partial charge in [-0.1, -0.05) is 20.8 Å². The minimum Gasteiger partial charge on any atom is -0.339 e. The predicted molar refractivity (Wildman–Crippen MR) is 66.8 cm³/mol. The van der Waals surface area contributed by atoms with E-state index in [0.717, 1.165) is 31.6 Å². The first-order valence-corrected chi connectivity index (χ1v) is 6.21. The molecular weight excluding hydrogens is 216 g/mol. The fraction of sp³-hybridized carbons (Fsp3) is 0.750. The van der Waals surface area contributed by atoms with Gasteiger partial charge in [0, 0.05) is 20.0 Å². The van der Waals surface area contributed by atoms with E-state index in [1.807, 2.05) is 0 Å². The van der Waals surface area contributed by atoms with Crippen molar-refractivity contribution in [1.82, 2.24) is 20.1 Å². The highest BCUT2D eigenvalue weighted by Gasteiger charge is 2.16. The molecule has 17 heavy (non-hydrogen) atoms. The Labute approximate surface area is 103 Å². The molecule has 0 saturated carbocycles. The van der Waals surface area contributed by atoms with Crippen LogP contribution in [0.4, 0.5) is 0 Å². The number of amides is 1. The fourth-order valence-electron chi connectivity index (χ4n) is 1.46. The Morgan fingerprint density at radius 1 is 1.47 bits per heavy atom. The van der Waals surface area contributed by atoms with Gasteiger partial charge in [0.1, 0.15) is 5.82 Å². The molecular formula is C12H22N4O. The summed E-state index contributed by atoms with van der Waals surface area (Å²) >= 11 is 0. The summed E-state index contributed by atoms with van der Waals surface area (Å²) in [6, 6.07) is 0. The number of aromatic nitrogens is 3. The second kappa shape index (κ2) is 6.37. The number of rotatable bonds is 6. The van der Waals surface area contributed by atoms with Gasteiger partial charge in [-0.25, -0.2) is 4.98 Å². The maximum absolute atomic E-state index is 12.0. The summed E-state index contributed by atoms with van der Waals surface area (Å²) in [7, 11) is 1.79. The van der Waals surface area contributed by atoms with Crippen LogP contribution >= 0.6 is 0 Å². The molecule has 96 valence electrons. The van der Waals surface area contributed by atoms with E-state index in [9.17, 15) is 4.79 Å². The molecule has 0 aliphatic heterocycles. The van der Waals surface area contributed by atoms with Crippen LogP contribution in [0.1, 0.15) is 50.1 Å². The molecule has 1 heterocycles. The summed E-state index contributed by atoms with van der Waals surface area (Å²) in [4.78, 5) is 17.8. The number of carbonyl (C=O) groups is 1. The number of nitrogens with one attached hydrogen (secondary N) is 1. The molecule has 5 nitrogen and oxygen atoms in total. The van der Waals surface area contributed by atoms with Gasteiger partial charge in [0.2, 0.25) is 5.82 Å². The lowest BCUT2D eigenvalue weighted by Gasteiger charge is -2.16. The smallest absolute Gasteiger partial charge is 0.293 e. The molecule has 1 amide bonds. The molecule has 0 atom stereocenters. The lowest BCUT2D eigenvalue weighted by molar-refractivity contribution is 0.0777. The summed E-state index contributed by atoms with van der Waals surface area (Å²) in [6.45, 7) is 7.10. The fourth-order valence-corrected chi connectivity index (χ4v) is 1.46. The Morgan fingerprint density at radius 3 is 2.76 bits per heavy atom. The normalized spacial score (nSPS) is 10.9. The van der Waals surface area contributed by atoms with Crippen molar-refractivity contribution in [2.75, 3.05) is 13.6 Å². The van der Waals surface area contributed by atoms with Crippen LogP contribution in [0, 0.1) is 5.92 Å². The van der Waals surface area contributed by atoms with Gasteiger partial charge >= 0.3 is 0 Å². The Hall–Kier alpha value is -1.39. The maximum atomic E-state index is 12.0. The van der Waals surface area contributed by atoms with Crippen molar-refractivity contribution in [3.63, 3.8) is 0 Å². The van der Waals surface area contributed by atoms with E-state index < -0.39 is 0 Å². The molecule has 1 rings (SSSR count). The molecule has 1 aromatic heterocycles. The number of carbonyl (C=O) groups excluding carboxylic acids is 1. The summed E-state index contributed by atoms with van der Waals surface area (Å²) in [5.41, 5.74) is 0. The van der Waals surface area contributed by atoms with Crippen molar-refractivity contribution < 1.29 is 4.79 Å². The lowest BCUT2D eigenvalue weighted by Crippen LogP contribution is -2.29. The molecule has 0 aliphatic rings. The van der Waals surface area contributed by atoms with Crippen LogP contribution < -0.4 is 0 Å². The Kier molecular flexibility index (Phi) is 5.12. The van der Waals surface area contributed by atoms with E-state index in [4.69, 9.17) is 0 Å². The van der Waals surface area contributed by atoms with Crippen molar-refractivity contribution in [2.45, 2.75) is 40.0 Å². The number of nitrogens with zero attached hydrogens (tertiary/aromatic N) is 3. The monoisotopic (exact) mass is 238 g/mol. The third-order valence-corrected chi connectivity index (χ3v) is 2.60. The van der Waals surface area contributed by atoms with Gasteiger partial charge in [0.05, 0.1) is 0 Å². The average molecular weight is 238 g/mol. The van der Waals surface area contributed by atoms with E-state index in [1.54, 1.807) is 11.9 Å². The van der Waals surface area contributed by atoms with Gasteiger partial charge in [0.15, 0.2) is 0 Å². The van der Waals surface area contributed by atoms with Gasteiger partial charge in [-0.3, -0.25) is 9.89 Å². The number of H-pyrrole nitrogens is 1. The molecule has 0 unspecified atom stereocenters. The molecule has 1 aromatic rings. The highest BCUT2D eigenvalue weighted by atomic mass is 16.2. The average Bonchev–Trinajstić information content (AvgIpc) is 2.74. The third-order valence-electron chi connectivity index (χ3n) is 2.60. The second-order valence-corrected chi connectivity index (χ2v) is 4.76. The summed E-state index contributed by atoms with van der Waals surface area (Å²) < 4.78 is 0. The van der Waals surface area contributed by atoms with Crippen molar-refractivity contribution >= 4 is 5.91 Å². The molecule has 0 spiro atoms. The van der Waals surface area contributed by atoms with E-state index >= 15 is 0 Å². The second-order valence-electron chi connectivity index (χ2n) is 4.76. The van der Waals surface area contributed by atoms with Gasteiger partial charge in [-0.2, -0.15) is 0 Å².